The van der Waals surface area contributed by atoms with Crippen molar-refractivity contribution in [1.82, 2.24) is 20.6 Å². The molecule has 10 heavy (non-hydrogen) atoms. The molecule has 1 aromatic heterocycles. The van der Waals surface area contributed by atoms with Crippen molar-refractivity contribution in [2.75, 3.05) is 0 Å². The first kappa shape index (κ1) is 9.87. The zero-order chi connectivity index (χ0) is 7.98. The average Bonchev–Trinajstić information content (AvgIpc) is 2.15. The molecule has 0 aliphatic rings. The molecule has 0 aliphatic heterocycles. The molecular weight excluding hydrogens is 235 g/mol. The third-order valence-electron chi connectivity index (χ3n) is 0.419. The van der Waals surface area contributed by atoms with Crippen LogP contribution in [-0.2, 0) is 0 Å². The van der Waals surface area contributed by atoms with Crippen LogP contribution in [0.2, 0.25) is 14.8 Å². The molecule has 1 aromatic rings. The van der Waals surface area contributed by atoms with Gasteiger partial charge in [-0.05, 0) is 6.92 Å². The summed E-state index contributed by atoms with van der Waals surface area (Å²) >= 11 is -0.543. The van der Waals surface area contributed by atoms with Gasteiger partial charge in [-0.2, -0.15) is 5.21 Å². The molecular formula is C5H12N4Sn. The second kappa shape index (κ2) is 5.64. The van der Waals surface area contributed by atoms with E-state index in [9.17, 15) is 0 Å². The fraction of sp³-hybridized carbons (Fsp3) is 0.800. The molecule has 0 amide bonds. The van der Waals surface area contributed by atoms with Gasteiger partial charge >= 0.3 is 34.6 Å². The Hall–Kier alpha value is -0.131. The van der Waals surface area contributed by atoms with Crippen molar-refractivity contribution in [2.45, 2.75) is 21.7 Å². The van der Waals surface area contributed by atoms with Crippen LogP contribution in [0, 0.1) is 6.92 Å². The Labute approximate surface area is 68.2 Å². The van der Waals surface area contributed by atoms with E-state index in [1.165, 1.54) is 0 Å². The summed E-state index contributed by atoms with van der Waals surface area (Å²) in [4.78, 5) is 7.09. The van der Waals surface area contributed by atoms with Gasteiger partial charge in [0.05, 0.1) is 0 Å². The van der Waals surface area contributed by atoms with E-state index in [4.69, 9.17) is 0 Å². The zero-order valence-corrected chi connectivity index (χ0v) is 9.64. The summed E-state index contributed by atoms with van der Waals surface area (Å²) in [7, 11) is 0. The van der Waals surface area contributed by atoms with Crippen LogP contribution >= 0.6 is 0 Å². The van der Waals surface area contributed by atoms with E-state index in [1.54, 1.807) is 6.92 Å². The van der Waals surface area contributed by atoms with Crippen molar-refractivity contribution in [3.63, 3.8) is 0 Å². The van der Waals surface area contributed by atoms with Crippen molar-refractivity contribution < 1.29 is 0 Å². The summed E-state index contributed by atoms with van der Waals surface area (Å²) < 4.78 is 0. The Morgan fingerprint density at radius 3 is 1.90 bits per heavy atom. The summed E-state index contributed by atoms with van der Waals surface area (Å²) in [6, 6.07) is 0. The standard InChI is InChI=1S/C2H3N4.3CH3.Sn/c1-2-3-5-6-4-2;;;;/h1H3;3*1H3;/q-1;;;;+1. The average molecular weight is 247 g/mol. The molecule has 0 unspecified atom stereocenters. The van der Waals surface area contributed by atoms with Crippen LogP contribution in [0.5, 0.6) is 0 Å². The van der Waals surface area contributed by atoms with Gasteiger partial charge in [-0.3, -0.25) is 10.3 Å². The molecule has 56 valence electrons. The molecule has 1 rings (SSSR count). The fourth-order valence-electron chi connectivity index (χ4n) is 0.189. The predicted octanol–water partition coefficient (Wildman–Crippen LogP) is 0.508. The second-order valence-electron chi connectivity index (χ2n) is 2.43. The van der Waals surface area contributed by atoms with Gasteiger partial charge in [0.25, 0.3) is 0 Å². The van der Waals surface area contributed by atoms with Crippen molar-refractivity contribution in [3.05, 3.63) is 5.82 Å². The monoisotopic (exact) mass is 248 g/mol. The molecule has 0 fully saturated rings. The van der Waals surface area contributed by atoms with Gasteiger partial charge in [0.15, 0.2) is 0 Å². The number of hydrogen-bond acceptors (Lipinski definition) is 3. The van der Waals surface area contributed by atoms with E-state index >= 15 is 0 Å². The first-order valence-corrected chi connectivity index (χ1v) is 11.6. The summed E-state index contributed by atoms with van der Waals surface area (Å²) in [6.45, 7) is 1.74. The predicted molar refractivity (Wildman–Crippen MR) is 41.2 cm³/mol. The molecule has 0 saturated heterocycles. The van der Waals surface area contributed by atoms with E-state index in [0.29, 0.717) is 5.82 Å². The van der Waals surface area contributed by atoms with Crippen molar-refractivity contribution >= 4 is 19.8 Å². The molecule has 5 heteroatoms. The Morgan fingerprint density at radius 2 is 1.80 bits per heavy atom. The number of rotatable bonds is 0. The third-order valence-corrected chi connectivity index (χ3v) is 0.419. The van der Waals surface area contributed by atoms with E-state index in [2.05, 4.69) is 35.4 Å². The van der Waals surface area contributed by atoms with Crippen LogP contribution in [0.1, 0.15) is 5.82 Å². The number of hydrogen-bond donors (Lipinski definition) is 0. The van der Waals surface area contributed by atoms with Gasteiger partial charge in [-0.15, -0.1) is 0 Å². The molecule has 4 nitrogen and oxygen atoms in total. The summed E-state index contributed by atoms with van der Waals surface area (Å²) in [5.74, 6) is 0.620. The first-order chi connectivity index (χ1) is 4.63. The summed E-state index contributed by atoms with van der Waals surface area (Å²) in [6.07, 6.45) is 0. The first-order valence-electron chi connectivity index (χ1n) is 3.05. The zero-order valence-electron chi connectivity index (χ0n) is 6.79. The molecule has 1 heterocycles. The normalized spacial score (nSPS) is 8.00. The van der Waals surface area contributed by atoms with Gasteiger partial charge in [0.2, 0.25) is 0 Å². The number of aryl methyl sites for hydroxylation is 1. The topological polar surface area (TPSA) is 52.8 Å². The van der Waals surface area contributed by atoms with Crippen LogP contribution < -0.4 is 5.10 Å². The van der Waals surface area contributed by atoms with E-state index in [-0.39, 0.29) is 0 Å². The third kappa shape index (κ3) is 7.87. The molecule has 0 saturated carbocycles. The quantitative estimate of drug-likeness (QED) is 0.626. The fourth-order valence-corrected chi connectivity index (χ4v) is 0.189. The minimum absolute atomic E-state index is 0.543. The summed E-state index contributed by atoms with van der Waals surface area (Å²) in [5.41, 5.74) is 0. The molecule has 0 N–H and O–H groups in total. The van der Waals surface area contributed by atoms with E-state index in [0.717, 1.165) is 0 Å². The molecule has 0 aliphatic carbocycles. The molecule has 0 bridgehead atoms. The maximum atomic E-state index is 3.44. The van der Waals surface area contributed by atoms with E-state index < -0.39 is 19.8 Å². The van der Waals surface area contributed by atoms with Crippen molar-refractivity contribution in [2.24, 2.45) is 0 Å². The van der Waals surface area contributed by atoms with Crippen LogP contribution in [0.15, 0.2) is 0 Å². The van der Waals surface area contributed by atoms with Gasteiger partial charge < -0.3 is 5.10 Å². The van der Waals surface area contributed by atoms with E-state index in [1.807, 2.05) is 0 Å². The Balaban J connectivity index is 0.000000180. The van der Waals surface area contributed by atoms with Crippen molar-refractivity contribution in [3.8, 4) is 0 Å². The molecule has 0 atom stereocenters. The van der Waals surface area contributed by atoms with Gasteiger partial charge in [-0.25, -0.2) is 0 Å². The Morgan fingerprint density at radius 1 is 1.30 bits per heavy atom. The number of tetrazole rings is 1. The van der Waals surface area contributed by atoms with Crippen LogP contribution in [-0.4, -0.2) is 35.3 Å². The number of nitrogens with zero attached hydrogens (tertiary/aromatic N) is 4. The van der Waals surface area contributed by atoms with Gasteiger partial charge in [-0.1, -0.05) is 0 Å². The van der Waals surface area contributed by atoms with Gasteiger partial charge in [0, 0.05) is 5.82 Å². The minimum atomic E-state index is -0.543. The molecule has 0 aromatic carbocycles. The van der Waals surface area contributed by atoms with Crippen LogP contribution in [0.3, 0.4) is 0 Å². The SMILES string of the molecule is Cc1nnn[n-]1.[CH3][Sn+]([CH3])[CH3]. The Bertz CT molecular complexity index is 146. The Kier molecular flexibility index (Phi) is 5.56. The molecule has 0 spiro atoms. The van der Waals surface area contributed by atoms with Crippen molar-refractivity contribution in [1.29, 1.82) is 0 Å². The van der Waals surface area contributed by atoms with Crippen LogP contribution in [0.4, 0.5) is 0 Å². The summed E-state index contributed by atoms with van der Waals surface area (Å²) in [5, 5.41) is 13.3. The molecule has 0 radical (unpaired) electrons. The van der Waals surface area contributed by atoms with Gasteiger partial charge in [0.1, 0.15) is 0 Å². The second-order valence-corrected chi connectivity index (χ2v) is 11.0. The maximum absolute atomic E-state index is 3.44. The van der Waals surface area contributed by atoms with Crippen LogP contribution in [0.25, 0.3) is 0 Å². The number of aromatic nitrogens is 4.